The second kappa shape index (κ2) is 7.17. The van der Waals surface area contributed by atoms with E-state index in [2.05, 4.69) is 20.9 Å². The summed E-state index contributed by atoms with van der Waals surface area (Å²) in [4.78, 5) is 31.1. The van der Waals surface area contributed by atoms with Crippen molar-refractivity contribution >= 4 is 55.2 Å². The van der Waals surface area contributed by atoms with Crippen LogP contribution in [0.4, 0.5) is 0 Å². The molecule has 0 spiro atoms. The van der Waals surface area contributed by atoms with Crippen molar-refractivity contribution in [3.63, 3.8) is 0 Å². The Morgan fingerprint density at radius 2 is 2.00 bits per heavy atom. The van der Waals surface area contributed by atoms with Crippen LogP contribution in [-0.2, 0) is 17.6 Å². The molecule has 5 nitrogen and oxygen atoms in total. The summed E-state index contributed by atoms with van der Waals surface area (Å²) in [5, 5.41) is 10.2. The van der Waals surface area contributed by atoms with E-state index in [1.165, 1.54) is 4.88 Å². The normalized spacial score (nSPS) is 13.7. The molecular weight excluding hydrogens is 436 g/mol. The van der Waals surface area contributed by atoms with E-state index in [0.29, 0.717) is 16.2 Å². The molecule has 0 radical (unpaired) electrons. The molecule has 1 aromatic carbocycles. The smallest absolute Gasteiger partial charge is 0.313 e. The van der Waals surface area contributed by atoms with Crippen LogP contribution in [0.1, 0.15) is 23.3 Å². The Balaban J connectivity index is 1.97. The number of hydrogen-bond acceptors (Lipinski definition) is 5. The summed E-state index contributed by atoms with van der Waals surface area (Å²) in [7, 11) is 0. The van der Waals surface area contributed by atoms with Gasteiger partial charge in [0.1, 0.15) is 4.83 Å². The molecule has 0 saturated carbocycles. The van der Waals surface area contributed by atoms with E-state index in [0.717, 1.165) is 52.3 Å². The molecule has 0 fully saturated rings. The Morgan fingerprint density at radius 3 is 2.73 bits per heavy atom. The highest BCUT2D eigenvalue weighted by atomic mass is 79.9. The van der Waals surface area contributed by atoms with Gasteiger partial charge in [0.05, 0.1) is 16.8 Å². The number of thioether (sulfide) groups is 1. The summed E-state index contributed by atoms with van der Waals surface area (Å²) in [5.41, 5.74) is 1.72. The van der Waals surface area contributed by atoms with Gasteiger partial charge in [0.2, 0.25) is 0 Å². The molecule has 4 rings (SSSR count). The minimum atomic E-state index is -0.933. The standard InChI is InChI=1S/C18H15BrN2O3S2/c19-10-5-7-11(8-6-10)21-17(24)15-12-3-1-2-4-13(12)26-16(15)20-18(21)25-9-14(22)23/h5-8H,1-4,9H2,(H,22,23). The number of nitrogens with zero attached hydrogens (tertiary/aromatic N) is 2. The molecule has 2 aromatic heterocycles. The van der Waals surface area contributed by atoms with Gasteiger partial charge in [-0.15, -0.1) is 11.3 Å². The maximum absolute atomic E-state index is 13.4. The SMILES string of the molecule is O=C(O)CSc1nc2sc3c(c2c(=O)n1-c1ccc(Br)cc1)CCCC3. The maximum Gasteiger partial charge on any atom is 0.313 e. The first-order valence-corrected chi connectivity index (χ1v) is 10.8. The van der Waals surface area contributed by atoms with Crippen LogP contribution in [0.3, 0.4) is 0 Å². The fraction of sp³-hybridized carbons (Fsp3) is 0.278. The average Bonchev–Trinajstić information content (AvgIpc) is 2.99. The van der Waals surface area contributed by atoms with E-state index >= 15 is 0 Å². The van der Waals surface area contributed by atoms with Crippen molar-refractivity contribution in [2.75, 3.05) is 5.75 Å². The van der Waals surface area contributed by atoms with Crippen LogP contribution in [0, 0.1) is 0 Å². The van der Waals surface area contributed by atoms with E-state index in [1.807, 2.05) is 24.3 Å². The molecule has 8 heteroatoms. The summed E-state index contributed by atoms with van der Waals surface area (Å²) in [6.45, 7) is 0. The van der Waals surface area contributed by atoms with Gasteiger partial charge >= 0.3 is 5.97 Å². The number of benzene rings is 1. The maximum atomic E-state index is 13.4. The number of halogens is 1. The number of carboxylic acid groups (broad SMARTS) is 1. The number of aromatic nitrogens is 2. The largest absolute Gasteiger partial charge is 0.481 e. The van der Waals surface area contributed by atoms with Gasteiger partial charge < -0.3 is 5.11 Å². The molecule has 2 heterocycles. The third kappa shape index (κ3) is 3.21. The first kappa shape index (κ1) is 17.8. The van der Waals surface area contributed by atoms with Crippen molar-refractivity contribution in [3.8, 4) is 5.69 Å². The monoisotopic (exact) mass is 450 g/mol. The lowest BCUT2D eigenvalue weighted by atomic mass is 9.97. The van der Waals surface area contributed by atoms with Gasteiger partial charge in [0, 0.05) is 9.35 Å². The molecule has 1 N–H and O–H groups in total. The highest BCUT2D eigenvalue weighted by Gasteiger charge is 2.23. The van der Waals surface area contributed by atoms with Crippen molar-refractivity contribution in [1.29, 1.82) is 0 Å². The Morgan fingerprint density at radius 1 is 1.27 bits per heavy atom. The van der Waals surface area contributed by atoms with Gasteiger partial charge in [-0.1, -0.05) is 27.7 Å². The summed E-state index contributed by atoms with van der Waals surface area (Å²) in [5.74, 6) is -1.07. The lowest BCUT2D eigenvalue weighted by molar-refractivity contribution is -0.133. The molecule has 0 unspecified atom stereocenters. The van der Waals surface area contributed by atoms with Gasteiger partial charge in [0.15, 0.2) is 5.16 Å². The third-order valence-electron chi connectivity index (χ3n) is 4.37. The van der Waals surface area contributed by atoms with Gasteiger partial charge in [0.25, 0.3) is 5.56 Å². The lowest BCUT2D eigenvalue weighted by Gasteiger charge is -2.13. The summed E-state index contributed by atoms with van der Waals surface area (Å²) < 4.78 is 2.46. The van der Waals surface area contributed by atoms with E-state index < -0.39 is 5.97 Å². The van der Waals surface area contributed by atoms with Crippen molar-refractivity contribution < 1.29 is 9.90 Å². The van der Waals surface area contributed by atoms with Crippen LogP contribution in [0.25, 0.3) is 15.9 Å². The second-order valence-electron chi connectivity index (χ2n) is 6.08. The van der Waals surface area contributed by atoms with Crippen LogP contribution in [0.5, 0.6) is 0 Å². The zero-order valence-electron chi connectivity index (χ0n) is 13.7. The van der Waals surface area contributed by atoms with Crippen molar-refractivity contribution in [3.05, 3.63) is 49.5 Å². The van der Waals surface area contributed by atoms with Crippen LogP contribution < -0.4 is 5.56 Å². The number of hydrogen-bond donors (Lipinski definition) is 1. The Bertz CT molecular complexity index is 1060. The zero-order valence-corrected chi connectivity index (χ0v) is 16.9. The molecule has 0 bridgehead atoms. The summed E-state index contributed by atoms with van der Waals surface area (Å²) in [6.07, 6.45) is 4.13. The fourth-order valence-electron chi connectivity index (χ4n) is 3.23. The zero-order chi connectivity index (χ0) is 18.3. The summed E-state index contributed by atoms with van der Waals surface area (Å²) >= 11 is 6.06. The number of carbonyl (C=O) groups is 1. The van der Waals surface area contributed by atoms with E-state index in [4.69, 9.17) is 5.11 Å². The number of carboxylic acids is 1. The van der Waals surface area contributed by atoms with Crippen molar-refractivity contribution in [2.24, 2.45) is 0 Å². The fourth-order valence-corrected chi connectivity index (χ4v) is 5.53. The third-order valence-corrected chi connectivity index (χ3v) is 7.01. The van der Waals surface area contributed by atoms with Gasteiger partial charge in [-0.25, -0.2) is 4.98 Å². The topological polar surface area (TPSA) is 72.2 Å². The second-order valence-corrected chi connectivity index (χ2v) is 9.03. The Hall–Kier alpha value is -1.64. The van der Waals surface area contributed by atoms with Crippen LogP contribution in [0.2, 0.25) is 0 Å². The predicted molar refractivity (Wildman–Crippen MR) is 108 cm³/mol. The molecule has 1 aliphatic rings. The van der Waals surface area contributed by atoms with Crippen molar-refractivity contribution in [2.45, 2.75) is 30.8 Å². The quantitative estimate of drug-likeness (QED) is 0.474. The number of fused-ring (bicyclic) bond motifs is 3. The average molecular weight is 451 g/mol. The van der Waals surface area contributed by atoms with Gasteiger partial charge in [-0.2, -0.15) is 0 Å². The predicted octanol–water partition coefficient (Wildman–Crippen LogP) is 4.27. The molecular formula is C18H15BrN2O3S2. The van der Waals surface area contributed by atoms with E-state index in [1.54, 1.807) is 15.9 Å². The molecule has 1 aliphatic carbocycles. The molecule has 26 heavy (non-hydrogen) atoms. The Labute approximate surface area is 166 Å². The number of rotatable bonds is 4. The molecule has 134 valence electrons. The van der Waals surface area contributed by atoms with Crippen molar-refractivity contribution in [1.82, 2.24) is 9.55 Å². The lowest BCUT2D eigenvalue weighted by Crippen LogP contribution is -2.22. The molecule has 0 aliphatic heterocycles. The number of thiophene rings is 1. The van der Waals surface area contributed by atoms with E-state index in [9.17, 15) is 9.59 Å². The van der Waals surface area contributed by atoms with Crippen LogP contribution in [0.15, 0.2) is 38.7 Å². The highest BCUT2D eigenvalue weighted by Crippen LogP contribution is 2.35. The first-order valence-electron chi connectivity index (χ1n) is 8.22. The minimum Gasteiger partial charge on any atom is -0.481 e. The minimum absolute atomic E-state index is 0.107. The van der Waals surface area contributed by atoms with Gasteiger partial charge in [-0.3, -0.25) is 14.2 Å². The molecule has 0 amide bonds. The first-order chi connectivity index (χ1) is 12.5. The number of aryl methyl sites for hydroxylation is 2. The van der Waals surface area contributed by atoms with Gasteiger partial charge in [-0.05, 0) is 55.5 Å². The van der Waals surface area contributed by atoms with Crippen LogP contribution >= 0.6 is 39.0 Å². The molecule has 3 aromatic rings. The Kier molecular flexibility index (Phi) is 4.90. The van der Waals surface area contributed by atoms with E-state index in [-0.39, 0.29) is 11.3 Å². The highest BCUT2D eigenvalue weighted by molar-refractivity contribution is 9.10. The number of aliphatic carboxylic acids is 1. The molecule has 0 atom stereocenters. The summed E-state index contributed by atoms with van der Waals surface area (Å²) in [6, 6.07) is 7.40. The van der Waals surface area contributed by atoms with Crippen LogP contribution in [-0.4, -0.2) is 26.4 Å². The molecule has 0 saturated heterocycles.